The molecule has 0 spiro atoms. The first-order valence-corrected chi connectivity index (χ1v) is 7.56. The van der Waals surface area contributed by atoms with Crippen LogP contribution >= 0.6 is 0 Å². The van der Waals surface area contributed by atoms with Crippen LogP contribution in [0.4, 0.5) is 11.9 Å². The first-order chi connectivity index (χ1) is 10.3. The zero-order chi connectivity index (χ0) is 14.7. The van der Waals surface area contributed by atoms with Gasteiger partial charge < -0.3 is 9.64 Å². The van der Waals surface area contributed by atoms with E-state index in [2.05, 4.69) is 30.2 Å². The predicted molar refractivity (Wildman–Crippen MR) is 80.2 cm³/mol. The van der Waals surface area contributed by atoms with E-state index in [1.165, 1.54) is 32.4 Å². The van der Waals surface area contributed by atoms with Crippen molar-refractivity contribution in [2.24, 2.45) is 5.84 Å². The van der Waals surface area contributed by atoms with Crippen LogP contribution in [0.25, 0.3) is 0 Å². The van der Waals surface area contributed by atoms with Crippen molar-refractivity contribution >= 4 is 11.9 Å². The highest BCUT2D eigenvalue weighted by atomic mass is 16.5. The van der Waals surface area contributed by atoms with Crippen LogP contribution < -0.4 is 20.9 Å². The van der Waals surface area contributed by atoms with E-state index in [9.17, 15) is 0 Å². The number of ether oxygens (including phenoxy) is 1. The lowest BCUT2D eigenvalue weighted by atomic mass is 10.1. The number of methoxy groups -OCH3 is 1. The van der Waals surface area contributed by atoms with Crippen LogP contribution in [0, 0.1) is 0 Å². The van der Waals surface area contributed by atoms with Gasteiger partial charge in [-0.2, -0.15) is 15.0 Å². The van der Waals surface area contributed by atoms with E-state index >= 15 is 0 Å². The van der Waals surface area contributed by atoms with Gasteiger partial charge in [-0.05, 0) is 32.4 Å². The van der Waals surface area contributed by atoms with E-state index < -0.39 is 0 Å². The first-order valence-electron chi connectivity index (χ1n) is 7.56. The number of aromatic nitrogens is 3. The molecule has 2 fully saturated rings. The summed E-state index contributed by atoms with van der Waals surface area (Å²) in [6.45, 7) is 4.35. The summed E-state index contributed by atoms with van der Waals surface area (Å²) in [6.07, 6.45) is 5.15. The fourth-order valence-corrected chi connectivity index (χ4v) is 3.15. The molecule has 0 aromatic carbocycles. The van der Waals surface area contributed by atoms with Gasteiger partial charge in [-0.3, -0.25) is 10.3 Å². The van der Waals surface area contributed by atoms with Crippen LogP contribution in [0.3, 0.4) is 0 Å². The minimum atomic E-state index is 0.286. The maximum absolute atomic E-state index is 5.40. The van der Waals surface area contributed by atoms with Gasteiger partial charge in [-0.25, -0.2) is 5.84 Å². The number of hydrazine groups is 1. The Hall–Kier alpha value is -1.67. The molecule has 1 aromatic heterocycles. The highest BCUT2D eigenvalue weighted by Crippen LogP contribution is 2.24. The third kappa shape index (κ3) is 3.16. The molecule has 0 saturated carbocycles. The number of piperidine rings is 1. The van der Waals surface area contributed by atoms with Crippen LogP contribution in [0.1, 0.15) is 25.7 Å². The third-order valence-corrected chi connectivity index (χ3v) is 4.27. The zero-order valence-electron chi connectivity index (χ0n) is 12.5. The Kier molecular flexibility index (Phi) is 4.35. The zero-order valence-corrected chi connectivity index (χ0v) is 12.5. The Morgan fingerprint density at radius 1 is 1.14 bits per heavy atom. The average molecular weight is 293 g/mol. The molecule has 8 heteroatoms. The summed E-state index contributed by atoms with van der Waals surface area (Å²) in [5.41, 5.74) is 2.46. The van der Waals surface area contributed by atoms with E-state index in [0.717, 1.165) is 19.5 Å². The van der Waals surface area contributed by atoms with Crippen LogP contribution in [-0.4, -0.2) is 59.2 Å². The molecule has 3 rings (SSSR count). The lowest BCUT2D eigenvalue weighted by Gasteiger charge is -2.32. The number of anilines is 2. The van der Waals surface area contributed by atoms with Crippen molar-refractivity contribution in [1.29, 1.82) is 0 Å². The van der Waals surface area contributed by atoms with Gasteiger partial charge in [0.1, 0.15) is 0 Å². The van der Waals surface area contributed by atoms with Gasteiger partial charge in [0.25, 0.3) is 0 Å². The lowest BCUT2D eigenvalue weighted by Crippen LogP contribution is -2.41. The fraction of sp³-hybridized carbons (Fsp3) is 0.769. The van der Waals surface area contributed by atoms with E-state index in [1.807, 2.05) is 0 Å². The van der Waals surface area contributed by atoms with Gasteiger partial charge in [0, 0.05) is 19.1 Å². The molecule has 1 unspecified atom stereocenters. The maximum atomic E-state index is 5.40. The molecule has 2 saturated heterocycles. The molecule has 0 amide bonds. The number of rotatable bonds is 4. The number of nitrogens with two attached hydrogens (primary N) is 1. The lowest BCUT2D eigenvalue weighted by molar-refractivity contribution is 0.174. The van der Waals surface area contributed by atoms with Gasteiger partial charge in [-0.1, -0.05) is 6.42 Å². The van der Waals surface area contributed by atoms with Crippen molar-refractivity contribution in [2.75, 3.05) is 43.6 Å². The second kappa shape index (κ2) is 6.40. The summed E-state index contributed by atoms with van der Waals surface area (Å²) < 4.78 is 5.11. The van der Waals surface area contributed by atoms with Gasteiger partial charge in [0.15, 0.2) is 0 Å². The quantitative estimate of drug-likeness (QED) is 0.602. The molecule has 1 aromatic rings. The summed E-state index contributed by atoms with van der Waals surface area (Å²) >= 11 is 0. The largest absolute Gasteiger partial charge is 0.467 e. The summed E-state index contributed by atoms with van der Waals surface area (Å²) in [7, 11) is 1.54. The molecular weight excluding hydrogens is 270 g/mol. The average Bonchev–Trinajstić information content (AvgIpc) is 3.05. The van der Waals surface area contributed by atoms with Crippen LogP contribution in [-0.2, 0) is 0 Å². The number of nitrogens with one attached hydrogen (secondary N) is 1. The molecule has 2 aliphatic heterocycles. The Morgan fingerprint density at radius 2 is 1.95 bits per heavy atom. The maximum Gasteiger partial charge on any atom is 0.322 e. The summed E-state index contributed by atoms with van der Waals surface area (Å²) in [5, 5.41) is 0. The monoisotopic (exact) mass is 293 g/mol. The van der Waals surface area contributed by atoms with E-state index in [4.69, 9.17) is 10.6 Å². The molecule has 8 nitrogen and oxygen atoms in total. The van der Waals surface area contributed by atoms with Gasteiger partial charge in [0.05, 0.1) is 7.11 Å². The molecule has 0 radical (unpaired) electrons. The Labute approximate surface area is 124 Å². The number of nitrogens with zero attached hydrogens (tertiary/aromatic N) is 5. The topological polar surface area (TPSA) is 92.4 Å². The summed E-state index contributed by atoms with van der Waals surface area (Å²) in [5.74, 6) is 6.37. The molecule has 116 valence electrons. The van der Waals surface area contributed by atoms with Gasteiger partial charge >= 0.3 is 6.01 Å². The van der Waals surface area contributed by atoms with E-state index in [0.29, 0.717) is 17.9 Å². The predicted octanol–water partition coefficient (Wildman–Crippen LogP) is 0.230. The van der Waals surface area contributed by atoms with E-state index in [-0.39, 0.29) is 6.01 Å². The summed E-state index contributed by atoms with van der Waals surface area (Å²) in [4.78, 5) is 17.5. The number of nitrogen functional groups attached to an aromatic ring is 1. The SMILES string of the molecule is COc1nc(NN)nc(N2CCC(N3CCCCC3)C2)n1. The number of hydrogen-bond donors (Lipinski definition) is 2. The van der Waals surface area contributed by atoms with Crippen LogP contribution in [0.15, 0.2) is 0 Å². The van der Waals surface area contributed by atoms with Gasteiger partial charge in [-0.15, -0.1) is 0 Å². The van der Waals surface area contributed by atoms with Gasteiger partial charge in [0.2, 0.25) is 11.9 Å². The number of hydrogen-bond acceptors (Lipinski definition) is 8. The van der Waals surface area contributed by atoms with Crippen molar-refractivity contribution in [3.63, 3.8) is 0 Å². The first kappa shape index (κ1) is 14.3. The molecule has 2 aliphatic rings. The molecule has 3 heterocycles. The van der Waals surface area contributed by atoms with Crippen molar-refractivity contribution in [2.45, 2.75) is 31.7 Å². The molecule has 0 aliphatic carbocycles. The molecule has 1 atom stereocenters. The van der Waals surface area contributed by atoms with Crippen molar-refractivity contribution < 1.29 is 4.74 Å². The standard InChI is InChI=1S/C13H23N7O/c1-21-13-16-11(18-14)15-12(17-13)20-8-5-10(9-20)19-6-3-2-4-7-19/h10H,2-9,14H2,1H3,(H,15,16,17,18). The smallest absolute Gasteiger partial charge is 0.322 e. The Balaban J connectivity index is 1.70. The fourth-order valence-electron chi connectivity index (χ4n) is 3.15. The highest BCUT2D eigenvalue weighted by Gasteiger charge is 2.30. The van der Waals surface area contributed by atoms with Crippen molar-refractivity contribution in [1.82, 2.24) is 19.9 Å². The molecule has 3 N–H and O–H groups in total. The third-order valence-electron chi connectivity index (χ3n) is 4.27. The van der Waals surface area contributed by atoms with Crippen molar-refractivity contribution in [3.05, 3.63) is 0 Å². The van der Waals surface area contributed by atoms with E-state index in [1.54, 1.807) is 7.11 Å². The second-order valence-electron chi connectivity index (χ2n) is 5.58. The van der Waals surface area contributed by atoms with Crippen LogP contribution in [0.5, 0.6) is 6.01 Å². The summed E-state index contributed by atoms with van der Waals surface area (Å²) in [6, 6.07) is 0.886. The van der Waals surface area contributed by atoms with Crippen LogP contribution in [0.2, 0.25) is 0 Å². The normalized spacial score (nSPS) is 23.3. The second-order valence-corrected chi connectivity index (χ2v) is 5.58. The van der Waals surface area contributed by atoms with Crippen molar-refractivity contribution in [3.8, 4) is 6.01 Å². The highest BCUT2D eigenvalue weighted by molar-refractivity contribution is 5.39. The minimum Gasteiger partial charge on any atom is -0.467 e. The molecular formula is C13H23N7O. The number of likely N-dealkylation sites (tertiary alicyclic amines) is 1. The Morgan fingerprint density at radius 3 is 2.67 bits per heavy atom. The molecule has 0 bridgehead atoms. The Bertz CT molecular complexity index is 455. The molecule has 21 heavy (non-hydrogen) atoms. The minimum absolute atomic E-state index is 0.286.